The van der Waals surface area contributed by atoms with Crippen molar-refractivity contribution in [2.45, 2.75) is 158 Å². The van der Waals surface area contributed by atoms with Gasteiger partial charge in [0.1, 0.15) is 34.7 Å². The second-order valence-electron chi connectivity index (χ2n) is 24.5. The number of aromatic hydroxyl groups is 2. The van der Waals surface area contributed by atoms with Crippen LogP contribution in [0.4, 0.5) is 0 Å². The number of phenolic OH excluding ortho intramolecular Hbond substituents is 2. The van der Waals surface area contributed by atoms with Gasteiger partial charge >= 0.3 is 0 Å². The number of aliphatic hydroxyl groups is 1. The molecule has 9 rings (SSSR count). The molecule has 29 nitrogen and oxygen atoms in total. The summed E-state index contributed by atoms with van der Waals surface area (Å²) in [6, 6.07) is 9.74. The van der Waals surface area contributed by atoms with E-state index in [1.807, 2.05) is 26.2 Å². The minimum Gasteiger partial charge on any atom is -0.507 e. The molecule has 101 heavy (non-hydrogen) atoms. The van der Waals surface area contributed by atoms with Crippen LogP contribution in [0.15, 0.2) is 36.4 Å². The number of hydrogen-bond donors (Lipinski definition) is 8. The highest BCUT2D eigenvalue weighted by Gasteiger charge is 2.55. The molecule has 4 heterocycles. The highest BCUT2D eigenvalue weighted by atomic mass is 32.2. The van der Waals surface area contributed by atoms with Gasteiger partial charge in [-0.25, -0.2) is 9.97 Å². The molecule has 31 heteroatoms. The van der Waals surface area contributed by atoms with Crippen LogP contribution in [0.5, 0.6) is 17.2 Å². The summed E-state index contributed by atoms with van der Waals surface area (Å²) in [5, 5.41) is 48.6. The van der Waals surface area contributed by atoms with Gasteiger partial charge in [-0.3, -0.25) is 52.8 Å². The Balaban J connectivity index is 0.000000244. The molecular formula is C70H94N8O21S2. The third-order valence-electron chi connectivity index (χ3n) is 17.5. The SMILES string of the molecule is CCC(=O)CCCNC(=O)[C@]1(O)Cc2c(O)c3c(c(O)c2[C@@H](O[C@H]2C[C@H]4[C@H](O[C@@H]5[C@@H](OC)OCCN54)[C@H](C)O2)C1)C(=O)c1c(OC)cccc1C3=O.CCCC(=O)NCC(=O)CCC(=O)NCC(=O)CCC(=O)NC.COCCOCCNC(=O)c1ccc2nc(CSC)c(CSC)nc2c1. The van der Waals surface area contributed by atoms with Crippen molar-refractivity contribution in [1.82, 2.24) is 41.5 Å². The van der Waals surface area contributed by atoms with Crippen molar-refractivity contribution in [3.63, 3.8) is 0 Å². The monoisotopic (exact) mass is 1450 g/mol. The van der Waals surface area contributed by atoms with Gasteiger partial charge in [0.25, 0.3) is 11.8 Å². The number of ketones is 5. The first-order valence-corrected chi connectivity index (χ1v) is 36.4. The van der Waals surface area contributed by atoms with Gasteiger partial charge in [0.2, 0.25) is 23.5 Å². The Labute approximate surface area is 595 Å². The maximum absolute atomic E-state index is 14.0. The number of methoxy groups -OCH3 is 3. The number of Topliss-reactive ketones (excluding diaryl/α,β-unsaturated/α-hetero) is 3. The molecule has 552 valence electrons. The van der Waals surface area contributed by atoms with Crippen molar-refractivity contribution < 1.29 is 101 Å². The van der Waals surface area contributed by atoms with E-state index in [1.165, 1.54) is 32.4 Å². The van der Waals surface area contributed by atoms with Gasteiger partial charge < -0.3 is 79.8 Å². The highest BCUT2D eigenvalue weighted by Crippen LogP contribution is 2.53. The van der Waals surface area contributed by atoms with Crippen molar-refractivity contribution in [2.24, 2.45) is 0 Å². The number of benzene rings is 3. The number of ether oxygens (including phenoxy) is 8. The van der Waals surface area contributed by atoms with E-state index in [4.69, 9.17) is 47.9 Å². The molecule has 3 fully saturated rings. The van der Waals surface area contributed by atoms with E-state index in [0.29, 0.717) is 77.2 Å². The second kappa shape index (κ2) is 39.2. The zero-order valence-corrected chi connectivity index (χ0v) is 60.3. The van der Waals surface area contributed by atoms with Crippen LogP contribution in [0.2, 0.25) is 0 Å². The Morgan fingerprint density at radius 3 is 2.06 bits per heavy atom. The highest BCUT2D eigenvalue weighted by molar-refractivity contribution is 7.98. The van der Waals surface area contributed by atoms with Crippen LogP contribution < -0.4 is 31.3 Å². The summed E-state index contributed by atoms with van der Waals surface area (Å²) in [6.45, 7) is 8.30. The van der Waals surface area contributed by atoms with E-state index in [1.54, 1.807) is 56.8 Å². The second-order valence-corrected chi connectivity index (χ2v) is 26.3. The number of thioether (sulfide) groups is 2. The van der Waals surface area contributed by atoms with Gasteiger partial charge in [-0.05, 0) is 56.5 Å². The normalized spacial score (nSPS) is 21.0. The Kier molecular flexibility index (Phi) is 31.3. The van der Waals surface area contributed by atoms with Crippen molar-refractivity contribution in [3.05, 3.63) is 86.7 Å². The predicted molar refractivity (Wildman–Crippen MR) is 372 cm³/mol. The van der Waals surface area contributed by atoms with Crippen LogP contribution in [0.25, 0.3) is 11.0 Å². The number of aromatic nitrogens is 2. The Morgan fingerprint density at radius 2 is 1.42 bits per heavy atom. The van der Waals surface area contributed by atoms with Gasteiger partial charge in [-0.15, -0.1) is 0 Å². The van der Waals surface area contributed by atoms with Crippen LogP contribution >= 0.6 is 23.5 Å². The number of carbonyl (C=O) groups is 10. The zero-order chi connectivity index (χ0) is 73.5. The van der Waals surface area contributed by atoms with Crippen molar-refractivity contribution in [2.75, 3.05) is 100 Å². The molecule has 0 bridgehead atoms. The number of nitrogens with zero attached hydrogens (tertiary/aromatic N) is 3. The number of phenols is 2. The molecule has 2 aliphatic carbocycles. The summed E-state index contributed by atoms with van der Waals surface area (Å²) in [6.07, 6.45) is 1.56. The lowest BCUT2D eigenvalue weighted by Crippen LogP contribution is -2.55. The van der Waals surface area contributed by atoms with Crippen LogP contribution in [0.3, 0.4) is 0 Å². The average Bonchev–Trinajstić information content (AvgIpc) is 1.03. The summed E-state index contributed by atoms with van der Waals surface area (Å²) in [4.78, 5) is 134. The van der Waals surface area contributed by atoms with E-state index in [-0.39, 0.29) is 127 Å². The molecule has 3 aromatic carbocycles. The molecule has 3 aliphatic heterocycles. The van der Waals surface area contributed by atoms with E-state index in [9.17, 15) is 63.3 Å². The molecule has 5 aliphatic rings. The largest absolute Gasteiger partial charge is 0.507 e. The third kappa shape index (κ3) is 21.1. The van der Waals surface area contributed by atoms with Crippen molar-refractivity contribution in [3.8, 4) is 17.2 Å². The number of nitrogens with one attached hydrogen (secondary N) is 5. The maximum Gasteiger partial charge on any atom is 0.252 e. The fourth-order valence-electron chi connectivity index (χ4n) is 12.3. The minimum absolute atomic E-state index is 0.00463. The number of amides is 5. The summed E-state index contributed by atoms with van der Waals surface area (Å²) < 4.78 is 46.0. The predicted octanol–water partition coefficient (Wildman–Crippen LogP) is 4.24. The van der Waals surface area contributed by atoms with Crippen LogP contribution in [-0.4, -0.2) is 231 Å². The van der Waals surface area contributed by atoms with E-state index >= 15 is 0 Å². The van der Waals surface area contributed by atoms with Crippen LogP contribution in [-0.2, 0) is 84.6 Å². The fraction of sp³-hybridized carbons (Fsp3) is 0.571. The Hall–Kier alpha value is -7.56. The fourth-order valence-corrected chi connectivity index (χ4v) is 13.3. The summed E-state index contributed by atoms with van der Waals surface area (Å²) in [5.74, 6) is -3.16. The Morgan fingerprint density at radius 1 is 0.743 bits per heavy atom. The lowest BCUT2D eigenvalue weighted by molar-refractivity contribution is -0.256. The topological polar surface area (TPSA) is 394 Å². The third-order valence-corrected chi connectivity index (χ3v) is 18.6. The molecule has 1 aromatic heterocycles. The van der Waals surface area contributed by atoms with Crippen molar-refractivity contribution in [1.29, 1.82) is 0 Å². The summed E-state index contributed by atoms with van der Waals surface area (Å²) in [7, 11) is 6.00. The number of rotatable bonds is 33. The van der Waals surface area contributed by atoms with Gasteiger partial charge in [-0.2, -0.15) is 23.5 Å². The van der Waals surface area contributed by atoms with E-state index in [2.05, 4.69) is 37.7 Å². The Bertz CT molecular complexity index is 3640. The molecule has 8 atom stereocenters. The van der Waals surface area contributed by atoms with Crippen molar-refractivity contribution >= 4 is 93.0 Å². The molecule has 0 unspecified atom stereocenters. The van der Waals surface area contributed by atoms with Gasteiger partial charge in [0.15, 0.2) is 36.2 Å². The number of morpholine rings is 1. The average molecular weight is 1450 g/mol. The summed E-state index contributed by atoms with van der Waals surface area (Å²) >= 11 is 3.45. The number of hydrogen-bond acceptors (Lipinski definition) is 26. The number of carbonyl (C=O) groups excluding carboxylic acids is 10. The molecular weight excluding hydrogens is 1350 g/mol. The zero-order valence-electron chi connectivity index (χ0n) is 58.6. The molecule has 4 aromatic rings. The quantitative estimate of drug-likeness (QED) is 0.0215. The standard InChI is InChI=1S/C37H44N2O13.C18H25N3O3S2.C15H25N3O5/c1-5-18(40)8-7-11-38-36(45)37(46)15-20-26(32(44)28-27(30(20)42)29(41)19-9-6-10-22(47-3)25(19)31(28)43)23(16-37)51-24-14-21-33(17(2)50-24)52-34-35(48-4)49-13-12-39(21)34;1-23-8-9-24-7-6-19-18(22)13-4-5-14-15(10-13)21-17(12-26-3)16(20-14)11-25-2;1-3-4-14(22)17-9-12(20)6-8-15(23)18-10-11(19)5-7-13(21)16-2/h6,9-10,17,21,23-24,33-35,42,44,46H,5,7-8,11-16H2,1-4H3,(H,38,45);4-5,10H,6-9,11-12H2,1-3H3,(H,19,22);3-10H2,1-2H3,(H,16,21)(H,17,22)(H,18,23)/t17-,21-,23-,24-,33+,34+,35-,37-;;/m0../s1. The number of fused-ring (bicyclic) bond motifs is 7. The molecule has 8 N–H and O–H groups in total. The van der Waals surface area contributed by atoms with E-state index in [0.717, 1.165) is 33.9 Å². The van der Waals surface area contributed by atoms with Crippen LogP contribution in [0.1, 0.15) is 162 Å². The van der Waals surface area contributed by atoms with E-state index < -0.39 is 95.5 Å². The smallest absolute Gasteiger partial charge is 0.252 e. The first-order chi connectivity index (χ1) is 48.5. The first kappa shape index (κ1) is 80.7. The van der Waals surface area contributed by atoms with Gasteiger partial charge in [0.05, 0.1) is 97.9 Å². The summed E-state index contributed by atoms with van der Waals surface area (Å²) in [5.41, 5.74) is 0.870. The van der Waals surface area contributed by atoms with Gasteiger partial charge in [0, 0.05) is 145 Å². The molecule has 3 saturated heterocycles. The van der Waals surface area contributed by atoms with Crippen LogP contribution in [0, 0.1) is 0 Å². The van der Waals surface area contributed by atoms with Gasteiger partial charge in [-0.1, -0.05) is 26.0 Å². The minimum atomic E-state index is -2.19. The molecule has 0 spiro atoms. The molecule has 0 saturated carbocycles. The maximum atomic E-state index is 14.0. The first-order valence-electron chi connectivity index (χ1n) is 33.7. The lowest BCUT2D eigenvalue weighted by atomic mass is 9.72. The lowest BCUT2D eigenvalue weighted by Gasteiger charge is -2.43. The molecule has 5 amide bonds. The molecule has 0 radical (unpaired) electrons.